The lowest BCUT2D eigenvalue weighted by atomic mass is 9.59. The molecule has 64 heavy (non-hydrogen) atoms. The Kier molecular flexibility index (Phi) is 9.80. The predicted molar refractivity (Wildman–Crippen MR) is 281 cm³/mol. The van der Waals surface area contributed by atoms with Gasteiger partial charge in [-0.3, -0.25) is 0 Å². The maximum absolute atomic E-state index is 9.53. The number of rotatable bonds is 2. The Labute approximate surface area is 398 Å². The van der Waals surface area contributed by atoms with Crippen LogP contribution in [0.15, 0.2) is 228 Å². The van der Waals surface area contributed by atoms with Crippen molar-refractivity contribution in [2.24, 2.45) is 11.8 Å². The van der Waals surface area contributed by atoms with Gasteiger partial charge in [0, 0.05) is 45.9 Å². The molecule has 2 aromatic heterocycles. The number of fused-ring (bicyclic) bond motifs is 6. The summed E-state index contributed by atoms with van der Waals surface area (Å²) < 4.78 is 15.2. The summed E-state index contributed by atoms with van der Waals surface area (Å²) in [6.07, 6.45) is 18.6. The summed E-state index contributed by atoms with van der Waals surface area (Å²) in [4.78, 5) is 0. The highest BCUT2D eigenvalue weighted by molar-refractivity contribution is 14.1. The SMILES string of the molecule is Brc1ccc2oc3ccc(-c4ccc5ccc6cccc7ccc4c5c67)cc3c2c1.Brc1ccc2oc3ccc(I)cc3c2c1.OB(O)C1=C2C=CC3=CC=CC4=CC=C(C=C1)C2C34. The van der Waals surface area contributed by atoms with Gasteiger partial charge in [-0.2, -0.15) is 0 Å². The van der Waals surface area contributed by atoms with E-state index in [2.05, 4.69) is 188 Å². The van der Waals surface area contributed by atoms with E-state index in [9.17, 15) is 10.0 Å². The minimum absolute atomic E-state index is 0.225. The molecule has 14 rings (SSSR count). The smallest absolute Gasteiger partial charge is 0.456 e. The van der Waals surface area contributed by atoms with Crippen LogP contribution in [0.25, 0.3) is 87.3 Å². The first-order valence-corrected chi connectivity index (χ1v) is 23.7. The average Bonchev–Trinajstić information content (AvgIpc) is 3.86. The zero-order valence-corrected chi connectivity index (χ0v) is 39.2. The second-order valence-electron chi connectivity index (χ2n) is 16.6. The van der Waals surface area contributed by atoms with Gasteiger partial charge in [0.05, 0.1) is 0 Å². The molecule has 0 radical (unpaired) electrons. The van der Waals surface area contributed by atoms with Crippen molar-refractivity contribution in [2.75, 3.05) is 0 Å². The zero-order chi connectivity index (χ0) is 43.2. The Morgan fingerprint density at radius 2 is 1.05 bits per heavy atom. The number of allylic oxidation sites excluding steroid dienone is 14. The van der Waals surface area contributed by atoms with Crippen molar-refractivity contribution < 1.29 is 18.9 Å². The molecule has 2 heterocycles. The van der Waals surface area contributed by atoms with E-state index < -0.39 is 7.12 Å². The van der Waals surface area contributed by atoms with Crippen LogP contribution in [0.3, 0.4) is 0 Å². The van der Waals surface area contributed by atoms with Crippen LogP contribution in [-0.4, -0.2) is 17.2 Å². The highest BCUT2D eigenvalue weighted by Gasteiger charge is 2.39. The molecule has 0 amide bonds. The molecule has 4 aliphatic rings. The average molecular weight is 1070 g/mol. The quantitative estimate of drug-likeness (QED) is 0.103. The van der Waals surface area contributed by atoms with Crippen LogP contribution in [0, 0.1) is 15.4 Å². The lowest BCUT2D eigenvalue weighted by Gasteiger charge is -2.40. The summed E-state index contributed by atoms with van der Waals surface area (Å²) >= 11 is 9.39. The molecule has 0 saturated carbocycles. The zero-order valence-electron chi connectivity index (χ0n) is 33.9. The number of halogens is 3. The fourth-order valence-corrected chi connectivity index (χ4v) is 11.3. The van der Waals surface area contributed by atoms with Crippen molar-refractivity contribution >= 4 is 138 Å². The van der Waals surface area contributed by atoms with E-state index in [0.29, 0.717) is 11.4 Å². The molecule has 4 aliphatic carbocycles. The summed E-state index contributed by atoms with van der Waals surface area (Å²) in [5, 5.41) is 31.6. The van der Waals surface area contributed by atoms with Crippen molar-refractivity contribution in [3.8, 4) is 11.1 Å². The summed E-state index contributed by atoms with van der Waals surface area (Å²) in [7, 11) is -1.41. The molecule has 2 N–H and O–H groups in total. The van der Waals surface area contributed by atoms with Crippen molar-refractivity contribution in [2.45, 2.75) is 0 Å². The molecule has 8 heteroatoms. The van der Waals surface area contributed by atoms with Gasteiger partial charge in [0.1, 0.15) is 22.3 Å². The summed E-state index contributed by atoms with van der Waals surface area (Å²) in [6, 6.07) is 45.0. The third-order valence-electron chi connectivity index (χ3n) is 13.0. The molecule has 8 aromatic carbocycles. The molecule has 0 fully saturated rings. The van der Waals surface area contributed by atoms with Crippen molar-refractivity contribution in [1.29, 1.82) is 0 Å². The predicted octanol–water partition coefficient (Wildman–Crippen LogP) is 15.9. The molecule has 2 unspecified atom stereocenters. The Morgan fingerprint density at radius 1 is 0.484 bits per heavy atom. The van der Waals surface area contributed by atoms with Crippen molar-refractivity contribution in [3.63, 3.8) is 0 Å². The van der Waals surface area contributed by atoms with E-state index in [0.717, 1.165) is 53.0 Å². The van der Waals surface area contributed by atoms with Gasteiger partial charge < -0.3 is 18.9 Å². The lowest BCUT2D eigenvalue weighted by Crippen LogP contribution is -2.31. The normalized spacial score (nSPS) is 17.2. The molecular formula is C56H34BBr2IO4. The Hall–Kier alpha value is -5.75. The van der Waals surface area contributed by atoms with Crippen molar-refractivity contribution in [3.05, 3.63) is 222 Å². The minimum atomic E-state index is -1.41. The van der Waals surface area contributed by atoms with E-state index in [1.807, 2.05) is 48.6 Å². The topological polar surface area (TPSA) is 66.7 Å². The first kappa shape index (κ1) is 39.8. The summed E-state index contributed by atoms with van der Waals surface area (Å²) in [5.41, 5.74) is 11.7. The fourth-order valence-electron chi connectivity index (χ4n) is 10.1. The lowest BCUT2D eigenvalue weighted by molar-refractivity contribution is 0.418. The summed E-state index contributed by atoms with van der Waals surface area (Å²) in [5.74, 6) is 0.548. The van der Waals surface area contributed by atoms with Gasteiger partial charge in [-0.1, -0.05) is 147 Å². The standard InChI is InChI=1S/C28H15BrO.C16H13BO2.C12H6BrIO/c29-20-9-13-26-24(15-20)23-14-19(8-12-25(23)30-26)21-10-6-18-5-4-16-2-1-3-17-7-11-22(21)28(18)27(16)17;18-17(19)14-9-7-12-5-4-10-2-1-3-11-6-8-13(14)16(12)15(10)11;13-7-1-3-11-9(5-7)10-6-8(14)2-4-12(10)15-11/h1-15H;1-9,15-16,18-19H;1-6H. The fraction of sp³-hybridized carbons (Fsp3) is 0.0357. The number of hydrogen-bond acceptors (Lipinski definition) is 4. The monoisotopic (exact) mass is 1070 g/mol. The number of hydrogen-bond donors (Lipinski definition) is 2. The van der Waals surface area contributed by atoms with Crippen LogP contribution in [0.1, 0.15) is 0 Å². The van der Waals surface area contributed by atoms with Crippen molar-refractivity contribution in [1.82, 2.24) is 0 Å². The second-order valence-corrected chi connectivity index (χ2v) is 19.6. The van der Waals surface area contributed by atoms with E-state index in [1.165, 1.54) is 69.1 Å². The van der Waals surface area contributed by atoms with Crippen LogP contribution in [0.4, 0.5) is 0 Å². The van der Waals surface area contributed by atoms with E-state index in [-0.39, 0.29) is 5.92 Å². The molecule has 306 valence electrons. The third kappa shape index (κ3) is 6.69. The third-order valence-corrected chi connectivity index (χ3v) is 14.6. The molecule has 4 nitrogen and oxygen atoms in total. The maximum Gasteiger partial charge on any atom is 0.488 e. The van der Waals surface area contributed by atoms with Gasteiger partial charge in [-0.15, -0.1) is 0 Å². The van der Waals surface area contributed by atoms with Gasteiger partial charge in [0.15, 0.2) is 0 Å². The Balaban J connectivity index is 0.000000109. The van der Waals surface area contributed by atoms with E-state index in [4.69, 9.17) is 8.83 Å². The largest absolute Gasteiger partial charge is 0.488 e. The van der Waals surface area contributed by atoms with E-state index in [1.54, 1.807) is 0 Å². The van der Waals surface area contributed by atoms with Gasteiger partial charge in [0.25, 0.3) is 0 Å². The van der Waals surface area contributed by atoms with E-state index >= 15 is 0 Å². The Morgan fingerprint density at radius 3 is 1.75 bits per heavy atom. The molecular weight excluding hydrogens is 1030 g/mol. The van der Waals surface area contributed by atoms with Gasteiger partial charge in [-0.25, -0.2) is 0 Å². The molecule has 0 bridgehead atoms. The summed E-state index contributed by atoms with van der Waals surface area (Å²) in [6.45, 7) is 0. The highest BCUT2D eigenvalue weighted by atomic mass is 127. The Bertz CT molecular complexity index is 3750. The molecule has 0 spiro atoms. The van der Waals surface area contributed by atoms with Crippen LogP contribution in [-0.2, 0) is 0 Å². The van der Waals surface area contributed by atoms with Crippen LogP contribution >= 0.6 is 54.5 Å². The second kappa shape index (κ2) is 15.8. The molecule has 2 atom stereocenters. The minimum Gasteiger partial charge on any atom is -0.456 e. The van der Waals surface area contributed by atoms with Gasteiger partial charge in [-0.05, 0) is 161 Å². The van der Waals surface area contributed by atoms with Crippen LogP contribution < -0.4 is 0 Å². The van der Waals surface area contributed by atoms with Crippen LogP contribution in [0.2, 0.25) is 0 Å². The number of furan rings is 2. The first-order valence-electron chi connectivity index (χ1n) is 21.1. The van der Waals surface area contributed by atoms with Gasteiger partial charge >= 0.3 is 7.12 Å². The first-order chi connectivity index (χ1) is 31.3. The number of benzene rings is 8. The molecule has 0 saturated heterocycles. The highest BCUT2D eigenvalue weighted by Crippen LogP contribution is 2.49. The molecule has 0 aliphatic heterocycles. The van der Waals surface area contributed by atoms with Crippen LogP contribution in [0.5, 0.6) is 0 Å². The van der Waals surface area contributed by atoms with Gasteiger partial charge in [0.2, 0.25) is 0 Å². The molecule has 10 aromatic rings. The maximum atomic E-state index is 9.53.